The highest BCUT2D eigenvalue weighted by Gasteiger charge is 2.15. The van der Waals surface area contributed by atoms with E-state index in [-0.39, 0.29) is 12.2 Å². The van der Waals surface area contributed by atoms with Gasteiger partial charge in [0.25, 0.3) is 0 Å². The van der Waals surface area contributed by atoms with Gasteiger partial charge in [-0.3, -0.25) is 10.1 Å². The van der Waals surface area contributed by atoms with Gasteiger partial charge >= 0.3 is 5.97 Å². The average molecular weight is 483 g/mol. The molecule has 0 aliphatic rings. The Hall–Kier alpha value is -3.84. The number of ether oxygens (including phenoxy) is 2. The number of hydrogen-bond acceptors (Lipinski definition) is 4. The molecule has 174 valence electrons. The molecule has 0 atom stereocenters. The average Bonchev–Trinajstić information content (AvgIpc) is 3.26. The first kappa shape index (κ1) is 23.3. The number of carbonyl (C=O) groups is 1. The van der Waals surface area contributed by atoms with E-state index in [1.807, 2.05) is 24.4 Å². The zero-order valence-corrected chi connectivity index (χ0v) is 19.0. The number of nitrogens with zero attached hydrogens (tertiary/aromatic N) is 1. The van der Waals surface area contributed by atoms with Crippen LogP contribution in [0.25, 0.3) is 0 Å². The number of halogens is 3. The van der Waals surface area contributed by atoms with Crippen LogP contribution in [-0.4, -0.2) is 17.8 Å². The molecule has 34 heavy (non-hydrogen) atoms. The molecule has 8 heteroatoms. The van der Waals surface area contributed by atoms with E-state index >= 15 is 0 Å². The second kappa shape index (κ2) is 10.4. The summed E-state index contributed by atoms with van der Waals surface area (Å²) in [5.74, 6) is -1.34. The summed E-state index contributed by atoms with van der Waals surface area (Å²) in [7, 11) is 1.33. The van der Waals surface area contributed by atoms with Crippen LogP contribution in [0.1, 0.15) is 27.2 Å². The minimum atomic E-state index is -0.671. The fourth-order valence-electron chi connectivity index (χ4n) is 3.49. The minimum Gasteiger partial charge on any atom is -0.488 e. The SMILES string of the molecule is COC(=O)c1cccc(Nn2cccc2Cc2c(Cl)cccc2OCc2c(F)cccc2F)c1. The number of benzene rings is 3. The Kier molecular flexibility index (Phi) is 7.13. The van der Waals surface area contributed by atoms with Crippen molar-refractivity contribution in [3.05, 3.63) is 118 Å². The maximum atomic E-state index is 14.0. The van der Waals surface area contributed by atoms with Gasteiger partial charge in [-0.1, -0.05) is 29.8 Å². The van der Waals surface area contributed by atoms with E-state index in [0.717, 1.165) is 5.69 Å². The number of anilines is 1. The van der Waals surface area contributed by atoms with E-state index in [2.05, 4.69) is 5.43 Å². The molecule has 1 aromatic heterocycles. The molecule has 0 radical (unpaired) electrons. The Balaban J connectivity index is 1.56. The van der Waals surface area contributed by atoms with Crippen LogP contribution in [0.3, 0.4) is 0 Å². The van der Waals surface area contributed by atoms with Crippen molar-refractivity contribution >= 4 is 23.3 Å². The molecule has 0 saturated carbocycles. The van der Waals surface area contributed by atoms with E-state index in [9.17, 15) is 13.6 Å². The van der Waals surface area contributed by atoms with Crippen LogP contribution in [0.2, 0.25) is 5.02 Å². The molecule has 1 heterocycles. The summed E-state index contributed by atoms with van der Waals surface area (Å²) < 4.78 is 40.4. The summed E-state index contributed by atoms with van der Waals surface area (Å²) in [5, 5.41) is 0.465. The van der Waals surface area contributed by atoms with Crippen LogP contribution in [0.15, 0.2) is 79.0 Å². The highest BCUT2D eigenvalue weighted by molar-refractivity contribution is 6.31. The normalized spacial score (nSPS) is 10.7. The zero-order chi connectivity index (χ0) is 24.1. The minimum absolute atomic E-state index is 0.149. The van der Waals surface area contributed by atoms with Crippen molar-refractivity contribution in [2.75, 3.05) is 12.5 Å². The Morgan fingerprint density at radius 2 is 1.71 bits per heavy atom. The monoisotopic (exact) mass is 482 g/mol. The molecular weight excluding hydrogens is 462 g/mol. The summed E-state index contributed by atoms with van der Waals surface area (Å²) in [6.45, 7) is -0.272. The van der Waals surface area contributed by atoms with Gasteiger partial charge in [0.2, 0.25) is 0 Å². The largest absolute Gasteiger partial charge is 0.488 e. The van der Waals surface area contributed by atoms with Crippen LogP contribution in [-0.2, 0) is 17.8 Å². The van der Waals surface area contributed by atoms with E-state index < -0.39 is 17.6 Å². The van der Waals surface area contributed by atoms with Crippen LogP contribution >= 0.6 is 11.6 Å². The van der Waals surface area contributed by atoms with Crippen LogP contribution in [0.4, 0.5) is 14.5 Å². The summed E-state index contributed by atoms with van der Waals surface area (Å²) in [6.07, 6.45) is 2.21. The number of esters is 1. The van der Waals surface area contributed by atoms with Gasteiger partial charge in [-0.2, -0.15) is 0 Å². The lowest BCUT2D eigenvalue weighted by Gasteiger charge is -2.16. The van der Waals surface area contributed by atoms with Crippen molar-refractivity contribution in [1.29, 1.82) is 0 Å². The second-order valence-electron chi connectivity index (χ2n) is 7.44. The summed E-state index contributed by atoms with van der Waals surface area (Å²) >= 11 is 6.47. The van der Waals surface area contributed by atoms with E-state index in [1.54, 1.807) is 41.1 Å². The lowest BCUT2D eigenvalue weighted by Crippen LogP contribution is -2.13. The first-order valence-corrected chi connectivity index (χ1v) is 10.8. The Bertz CT molecular complexity index is 1300. The van der Waals surface area contributed by atoms with E-state index in [4.69, 9.17) is 21.1 Å². The number of rotatable bonds is 8. The van der Waals surface area contributed by atoms with Crippen molar-refractivity contribution in [1.82, 2.24) is 4.68 Å². The number of methoxy groups -OCH3 is 1. The lowest BCUT2D eigenvalue weighted by molar-refractivity contribution is 0.0601. The third-order valence-corrected chi connectivity index (χ3v) is 5.59. The smallest absolute Gasteiger partial charge is 0.337 e. The van der Waals surface area contributed by atoms with Gasteiger partial charge in [0.1, 0.15) is 24.0 Å². The lowest BCUT2D eigenvalue weighted by atomic mass is 10.1. The van der Waals surface area contributed by atoms with Gasteiger partial charge in [-0.15, -0.1) is 0 Å². The molecule has 1 N–H and O–H groups in total. The summed E-state index contributed by atoms with van der Waals surface area (Å²) in [5.41, 5.74) is 5.70. The van der Waals surface area contributed by atoms with Gasteiger partial charge in [0, 0.05) is 28.9 Å². The molecule has 0 aliphatic heterocycles. The molecule has 4 rings (SSSR count). The highest BCUT2D eigenvalue weighted by atomic mass is 35.5. The van der Waals surface area contributed by atoms with E-state index in [0.29, 0.717) is 34.0 Å². The van der Waals surface area contributed by atoms with Crippen LogP contribution < -0.4 is 10.2 Å². The zero-order valence-electron chi connectivity index (χ0n) is 18.2. The molecule has 0 saturated heterocycles. The van der Waals surface area contributed by atoms with Gasteiger partial charge in [-0.25, -0.2) is 13.6 Å². The van der Waals surface area contributed by atoms with Crippen molar-refractivity contribution in [3.8, 4) is 5.75 Å². The standard InChI is InChI=1S/C26H21ClF2N2O3/c1-33-26(32)17-6-2-7-18(14-17)30-31-13-5-8-19(31)15-20-22(27)9-3-12-25(20)34-16-21-23(28)10-4-11-24(21)29/h2-14,30H,15-16H2,1H3. The topological polar surface area (TPSA) is 52.5 Å². The Morgan fingerprint density at radius 3 is 2.47 bits per heavy atom. The Morgan fingerprint density at radius 1 is 0.971 bits per heavy atom. The van der Waals surface area contributed by atoms with Crippen molar-refractivity contribution < 1.29 is 23.0 Å². The maximum absolute atomic E-state index is 14.0. The first-order valence-electron chi connectivity index (χ1n) is 10.4. The number of carbonyl (C=O) groups excluding carboxylic acids is 1. The number of nitrogens with one attached hydrogen (secondary N) is 1. The predicted octanol–water partition coefficient (Wildman–Crippen LogP) is 6.25. The van der Waals surface area contributed by atoms with Crippen molar-refractivity contribution in [2.24, 2.45) is 0 Å². The van der Waals surface area contributed by atoms with Crippen molar-refractivity contribution in [3.63, 3.8) is 0 Å². The van der Waals surface area contributed by atoms with Gasteiger partial charge < -0.3 is 9.47 Å². The van der Waals surface area contributed by atoms with Crippen molar-refractivity contribution in [2.45, 2.75) is 13.0 Å². The summed E-state index contributed by atoms with van der Waals surface area (Å²) in [6, 6.07) is 19.5. The predicted molar refractivity (Wildman–Crippen MR) is 126 cm³/mol. The third kappa shape index (κ3) is 5.21. The van der Waals surface area contributed by atoms with Gasteiger partial charge in [-0.05, 0) is 54.6 Å². The van der Waals surface area contributed by atoms with Crippen LogP contribution in [0, 0.1) is 11.6 Å². The molecule has 0 amide bonds. The molecule has 5 nitrogen and oxygen atoms in total. The molecular formula is C26H21ClF2N2O3. The number of aromatic nitrogens is 1. The molecule has 0 spiro atoms. The third-order valence-electron chi connectivity index (χ3n) is 5.23. The molecule has 0 aliphatic carbocycles. The molecule has 0 unspecified atom stereocenters. The van der Waals surface area contributed by atoms with Gasteiger partial charge in [0.05, 0.1) is 23.9 Å². The molecule has 4 aromatic rings. The molecule has 0 fully saturated rings. The Labute approximate surface area is 200 Å². The molecule has 3 aromatic carbocycles. The number of hydrogen-bond donors (Lipinski definition) is 1. The van der Waals surface area contributed by atoms with Crippen LogP contribution in [0.5, 0.6) is 5.75 Å². The maximum Gasteiger partial charge on any atom is 0.337 e. The van der Waals surface area contributed by atoms with E-state index in [1.165, 1.54) is 25.3 Å². The quantitative estimate of drug-likeness (QED) is 0.301. The second-order valence-corrected chi connectivity index (χ2v) is 7.84. The van der Waals surface area contributed by atoms with Gasteiger partial charge in [0.15, 0.2) is 0 Å². The highest BCUT2D eigenvalue weighted by Crippen LogP contribution is 2.30. The summed E-state index contributed by atoms with van der Waals surface area (Å²) in [4.78, 5) is 11.8. The first-order chi connectivity index (χ1) is 16.5. The fourth-order valence-corrected chi connectivity index (χ4v) is 3.72. The fraction of sp³-hybridized carbons (Fsp3) is 0.115. The molecule has 0 bridgehead atoms.